The molecule has 4 heteroatoms. The van der Waals surface area contributed by atoms with Gasteiger partial charge < -0.3 is 9.30 Å². The summed E-state index contributed by atoms with van der Waals surface area (Å²) >= 11 is 0. The molecule has 0 fully saturated rings. The number of carbonyl (C=O) groups is 1. The van der Waals surface area contributed by atoms with E-state index in [1.807, 2.05) is 32.3 Å². The summed E-state index contributed by atoms with van der Waals surface area (Å²) in [6.45, 7) is 0.792. The van der Waals surface area contributed by atoms with Crippen LogP contribution in [0.2, 0.25) is 0 Å². The first-order chi connectivity index (χ1) is 12.1. The molecule has 2 aromatic carbocycles. The molecule has 3 rings (SSSR count). The summed E-state index contributed by atoms with van der Waals surface area (Å²) in [5, 5.41) is 1.14. The van der Waals surface area contributed by atoms with E-state index in [4.69, 9.17) is 4.74 Å². The molecule has 0 aliphatic carbocycles. The summed E-state index contributed by atoms with van der Waals surface area (Å²) < 4.78 is 7.31. The fraction of sp³-hybridized carbons (Fsp3) is 0.190. The Hall–Kier alpha value is -2.85. The third-order valence-corrected chi connectivity index (χ3v) is 4.04. The zero-order chi connectivity index (χ0) is 17.8. The van der Waals surface area contributed by atoms with E-state index in [1.165, 1.54) is 0 Å². The second kappa shape index (κ2) is 7.36. The van der Waals surface area contributed by atoms with Gasteiger partial charge in [-0.25, -0.2) is 0 Å². The highest BCUT2D eigenvalue weighted by Crippen LogP contribution is 2.23. The monoisotopic (exact) mass is 334 g/mol. The van der Waals surface area contributed by atoms with Crippen molar-refractivity contribution < 1.29 is 9.53 Å². The Bertz CT molecular complexity index is 905. The molecule has 1 heterocycles. The maximum atomic E-state index is 12.4. The van der Waals surface area contributed by atoms with Gasteiger partial charge in [0.15, 0.2) is 5.78 Å². The van der Waals surface area contributed by atoms with Gasteiger partial charge in [-0.3, -0.25) is 9.69 Å². The second-order valence-corrected chi connectivity index (χ2v) is 6.22. The van der Waals surface area contributed by atoms with E-state index in [2.05, 4.69) is 27.8 Å². The fourth-order valence-corrected chi connectivity index (χ4v) is 2.85. The summed E-state index contributed by atoms with van der Waals surface area (Å²) in [7, 11) is 5.69. The predicted octanol–water partition coefficient (Wildman–Crippen LogP) is 4.07. The first-order valence-corrected chi connectivity index (χ1v) is 8.17. The van der Waals surface area contributed by atoms with E-state index >= 15 is 0 Å². The number of hydrogen-bond donors (Lipinski definition) is 0. The third kappa shape index (κ3) is 3.80. The van der Waals surface area contributed by atoms with Gasteiger partial charge in [0.25, 0.3) is 0 Å². The predicted molar refractivity (Wildman–Crippen MR) is 102 cm³/mol. The van der Waals surface area contributed by atoms with Gasteiger partial charge in [0.05, 0.1) is 13.8 Å². The largest absolute Gasteiger partial charge is 0.497 e. The number of allylic oxidation sites excluding steroid dienone is 1. The van der Waals surface area contributed by atoms with Crippen LogP contribution in [0, 0.1) is 0 Å². The van der Waals surface area contributed by atoms with E-state index in [0.717, 1.165) is 28.9 Å². The highest BCUT2D eigenvalue weighted by atomic mass is 16.5. The Kier molecular flexibility index (Phi) is 5.00. The number of fused-ring (bicyclic) bond motifs is 1. The van der Waals surface area contributed by atoms with E-state index < -0.39 is 0 Å². The summed E-state index contributed by atoms with van der Waals surface area (Å²) in [6.07, 6.45) is 5.60. The van der Waals surface area contributed by atoms with Crippen molar-refractivity contribution in [3.63, 3.8) is 0 Å². The highest BCUT2D eigenvalue weighted by Gasteiger charge is 2.07. The lowest BCUT2D eigenvalue weighted by Crippen LogP contribution is -2.15. The van der Waals surface area contributed by atoms with Gasteiger partial charge in [0.1, 0.15) is 5.75 Å². The van der Waals surface area contributed by atoms with Crippen molar-refractivity contribution >= 4 is 22.8 Å². The number of ketones is 1. The number of hydrogen-bond acceptors (Lipinski definition) is 3. The Morgan fingerprint density at radius 3 is 2.52 bits per heavy atom. The van der Waals surface area contributed by atoms with E-state index in [-0.39, 0.29) is 5.78 Å². The van der Waals surface area contributed by atoms with Crippen LogP contribution in [0.4, 0.5) is 0 Å². The number of aromatic nitrogens is 1. The van der Waals surface area contributed by atoms with Crippen molar-refractivity contribution in [2.24, 2.45) is 0 Å². The number of nitrogens with zero attached hydrogens (tertiary/aromatic N) is 2. The molecule has 3 aromatic rings. The SMILES string of the molecule is COc1ccc(C(=O)/C=C/c2cn(CN(C)C)c3ccccc23)cc1. The summed E-state index contributed by atoms with van der Waals surface area (Å²) in [5.41, 5.74) is 2.85. The van der Waals surface area contributed by atoms with Crippen LogP contribution in [-0.2, 0) is 6.67 Å². The number of rotatable bonds is 6. The molecule has 0 saturated carbocycles. The molecule has 0 spiro atoms. The minimum atomic E-state index is -0.0212. The number of methoxy groups -OCH3 is 1. The molecular weight excluding hydrogens is 312 g/mol. The van der Waals surface area contributed by atoms with Crippen LogP contribution in [-0.4, -0.2) is 36.5 Å². The minimum absolute atomic E-state index is 0.0212. The Morgan fingerprint density at radius 2 is 1.84 bits per heavy atom. The van der Waals surface area contributed by atoms with Gasteiger partial charge in [-0.15, -0.1) is 0 Å². The van der Waals surface area contributed by atoms with E-state index in [0.29, 0.717) is 5.56 Å². The van der Waals surface area contributed by atoms with Crippen LogP contribution in [0.25, 0.3) is 17.0 Å². The van der Waals surface area contributed by atoms with Crippen LogP contribution >= 0.6 is 0 Å². The van der Waals surface area contributed by atoms with Crippen LogP contribution in [0.5, 0.6) is 5.75 Å². The molecule has 0 aliphatic heterocycles. The lowest BCUT2D eigenvalue weighted by atomic mass is 10.1. The molecular formula is C21H22N2O2. The highest BCUT2D eigenvalue weighted by molar-refractivity contribution is 6.07. The number of benzene rings is 2. The maximum Gasteiger partial charge on any atom is 0.185 e. The molecule has 0 aliphatic rings. The van der Waals surface area contributed by atoms with Crippen molar-refractivity contribution in [1.29, 1.82) is 0 Å². The van der Waals surface area contributed by atoms with Crippen LogP contribution in [0.3, 0.4) is 0 Å². The number of para-hydroxylation sites is 1. The molecule has 0 amide bonds. The number of ether oxygens (including phenoxy) is 1. The molecule has 0 unspecified atom stereocenters. The lowest BCUT2D eigenvalue weighted by Gasteiger charge is -2.11. The Balaban J connectivity index is 1.88. The van der Waals surface area contributed by atoms with Crippen molar-refractivity contribution in [2.45, 2.75) is 6.67 Å². The molecule has 4 nitrogen and oxygen atoms in total. The fourth-order valence-electron chi connectivity index (χ4n) is 2.85. The zero-order valence-corrected chi connectivity index (χ0v) is 14.8. The van der Waals surface area contributed by atoms with Crippen LogP contribution in [0.15, 0.2) is 60.8 Å². The Labute approximate surface area is 147 Å². The zero-order valence-electron chi connectivity index (χ0n) is 14.8. The summed E-state index contributed by atoms with van der Waals surface area (Å²) in [6, 6.07) is 15.4. The molecule has 25 heavy (non-hydrogen) atoms. The van der Waals surface area contributed by atoms with Crippen molar-refractivity contribution in [3.05, 3.63) is 71.9 Å². The van der Waals surface area contributed by atoms with Crippen molar-refractivity contribution in [2.75, 3.05) is 21.2 Å². The lowest BCUT2D eigenvalue weighted by molar-refractivity contribution is 0.104. The first kappa shape index (κ1) is 17.0. The first-order valence-electron chi connectivity index (χ1n) is 8.17. The smallest absolute Gasteiger partial charge is 0.185 e. The molecule has 0 radical (unpaired) electrons. The van der Waals surface area contributed by atoms with Crippen molar-refractivity contribution in [3.8, 4) is 5.75 Å². The Morgan fingerprint density at radius 1 is 1.12 bits per heavy atom. The average molecular weight is 334 g/mol. The van der Waals surface area contributed by atoms with Gasteiger partial charge in [-0.1, -0.05) is 18.2 Å². The standard InChI is InChI=1S/C21H22N2O2/c1-22(2)15-23-14-17(19-6-4-5-7-20(19)23)10-13-21(24)16-8-11-18(25-3)12-9-16/h4-14H,15H2,1-3H3/b13-10+. The average Bonchev–Trinajstić information content (AvgIpc) is 2.97. The van der Waals surface area contributed by atoms with Gasteiger partial charge >= 0.3 is 0 Å². The second-order valence-electron chi connectivity index (χ2n) is 6.22. The van der Waals surface area contributed by atoms with Gasteiger partial charge in [-0.05, 0) is 56.6 Å². The third-order valence-electron chi connectivity index (χ3n) is 4.04. The molecule has 0 saturated heterocycles. The number of carbonyl (C=O) groups excluding carboxylic acids is 1. The van der Waals surface area contributed by atoms with Crippen LogP contribution in [0.1, 0.15) is 15.9 Å². The normalized spacial score (nSPS) is 11.5. The molecule has 1 aromatic heterocycles. The summed E-state index contributed by atoms with van der Waals surface area (Å²) in [4.78, 5) is 14.5. The van der Waals surface area contributed by atoms with E-state index in [9.17, 15) is 4.79 Å². The summed E-state index contributed by atoms with van der Waals surface area (Å²) in [5.74, 6) is 0.722. The van der Waals surface area contributed by atoms with Gasteiger partial charge in [0.2, 0.25) is 0 Å². The quantitative estimate of drug-likeness (QED) is 0.503. The topological polar surface area (TPSA) is 34.5 Å². The molecule has 0 atom stereocenters. The van der Waals surface area contributed by atoms with Gasteiger partial charge in [0, 0.05) is 28.2 Å². The molecule has 0 N–H and O–H groups in total. The van der Waals surface area contributed by atoms with Gasteiger partial charge in [-0.2, -0.15) is 0 Å². The molecule has 128 valence electrons. The van der Waals surface area contributed by atoms with Crippen molar-refractivity contribution in [1.82, 2.24) is 9.47 Å². The minimum Gasteiger partial charge on any atom is -0.497 e. The van der Waals surface area contributed by atoms with Crippen LogP contribution < -0.4 is 4.74 Å². The molecule has 0 bridgehead atoms. The van der Waals surface area contributed by atoms with E-state index in [1.54, 1.807) is 37.5 Å². The maximum absolute atomic E-state index is 12.4.